The first kappa shape index (κ1) is 21.1. The Morgan fingerprint density at radius 1 is 0.800 bits per heavy atom. The van der Waals surface area contributed by atoms with Gasteiger partial charge in [0.15, 0.2) is 0 Å². The zero-order valence-corrected chi connectivity index (χ0v) is 11.5. The van der Waals surface area contributed by atoms with E-state index in [2.05, 4.69) is 9.93 Å². The maximum Gasteiger partial charge on any atom is 0.303 e. The summed E-state index contributed by atoms with van der Waals surface area (Å²) in [7, 11) is 0. The topological polar surface area (TPSA) is 134 Å². The first-order valence-electron chi connectivity index (χ1n) is 6.52. The molecule has 0 spiro atoms. The molecule has 0 saturated heterocycles. The molecule has 0 aromatic carbocycles. The molecule has 120 valence electrons. The monoisotopic (exact) mass is 296 g/mol. The number of carboxylic acids is 2. The van der Waals surface area contributed by atoms with Crippen molar-refractivity contribution in [2.24, 2.45) is 0 Å². The first-order chi connectivity index (χ1) is 9.54. The summed E-state index contributed by atoms with van der Waals surface area (Å²) in [6, 6.07) is 0. The number of carbonyl (C=O) groups is 2. The van der Waals surface area contributed by atoms with E-state index in [0.29, 0.717) is 25.7 Å². The van der Waals surface area contributed by atoms with E-state index in [0.717, 1.165) is 12.8 Å². The molecule has 0 amide bonds. The number of hydrogen-bond acceptors (Lipinski definition) is 6. The molecule has 0 rings (SSSR count). The molecule has 0 bridgehead atoms. The molecule has 0 aromatic heterocycles. The van der Waals surface area contributed by atoms with E-state index < -0.39 is 11.9 Å². The Hall–Kier alpha value is -1.22. The summed E-state index contributed by atoms with van der Waals surface area (Å²) in [5.41, 5.74) is 0. The zero-order valence-electron chi connectivity index (χ0n) is 11.5. The second-order valence-corrected chi connectivity index (χ2v) is 4.03. The van der Waals surface area contributed by atoms with Gasteiger partial charge in [-0.2, -0.15) is 0 Å². The summed E-state index contributed by atoms with van der Waals surface area (Å²) in [4.78, 5) is 24.0. The number of rotatable bonds is 12. The molecule has 0 aliphatic rings. The summed E-state index contributed by atoms with van der Waals surface area (Å²) in [5, 5.41) is 35.7. The maximum absolute atomic E-state index is 9.99. The SMILES string of the molecule is O=C(O)CCCCCO.O=C(O)CCCCCOOO. The van der Waals surface area contributed by atoms with Gasteiger partial charge in [0.2, 0.25) is 0 Å². The van der Waals surface area contributed by atoms with E-state index in [4.69, 9.17) is 20.6 Å². The predicted molar refractivity (Wildman–Crippen MR) is 69.0 cm³/mol. The third-order valence-electron chi connectivity index (χ3n) is 2.22. The van der Waals surface area contributed by atoms with Crippen LogP contribution in [0.1, 0.15) is 51.4 Å². The van der Waals surface area contributed by atoms with Crippen molar-refractivity contribution < 1.29 is 40.1 Å². The largest absolute Gasteiger partial charge is 0.481 e. The van der Waals surface area contributed by atoms with Crippen molar-refractivity contribution in [2.75, 3.05) is 13.2 Å². The van der Waals surface area contributed by atoms with Gasteiger partial charge in [-0.25, -0.2) is 10.1 Å². The molecular weight excluding hydrogens is 272 g/mol. The van der Waals surface area contributed by atoms with E-state index >= 15 is 0 Å². The number of carboxylic acid groups (broad SMARTS) is 2. The fourth-order valence-electron chi connectivity index (χ4n) is 1.22. The number of aliphatic carboxylic acids is 2. The number of unbranched alkanes of at least 4 members (excludes halogenated alkanes) is 4. The molecule has 0 heterocycles. The van der Waals surface area contributed by atoms with Gasteiger partial charge in [-0.1, -0.05) is 17.9 Å². The van der Waals surface area contributed by atoms with Crippen LogP contribution in [0.2, 0.25) is 0 Å². The molecule has 0 atom stereocenters. The molecule has 4 N–H and O–H groups in total. The Labute approximate surface area is 117 Å². The Balaban J connectivity index is 0. The van der Waals surface area contributed by atoms with E-state index in [-0.39, 0.29) is 26.1 Å². The number of hydrogen-bond donors (Lipinski definition) is 4. The third-order valence-corrected chi connectivity index (χ3v) is 2.22. The van der Waals surface area contributed by atoms with Gasteiger partial charge in [-0.3, -0.25) is 9.59 Å². The lowest BCUT2D eigenvalue weighted by molar-refractivity contribution is -0.490. The molecule has 8 nitrogen and oxygen atoms in total. The fourth-order valence-corrected chi connectivity index (χ4v) is 1.22. The minimum absolute atomic E-state index is 0.166. The van der Waals surface area contributed by atoms with Crippen molar-refractivity contribution in [3.8, 4) is 0 Å². The van der Waals surface area contributed by atoms with Crippen LogP contribution in [0.4, 0.5) is 0 Å². The highest BCUT2D eigenvalue weighted by atomic mass is 17.5. The standard InChI is InChI=1S/C6H12O5.C6H12O3/c7-6(8)4-2-1-3-5-10-11-9;7-5-3-1-2-4-6(8)9/h9H,1-5H2,(H,7,8);7H,1-5H2,(H,8,9). The van der Waals surface area contributed by atoms with Crippen LogP contribution in [0.15, 0.2) is 0 Å². The summed E-state index contributed by atoms with van der Waals surface area (Å²) >= 11 is 0. The first-order valence-corrected chi connectivity index (χ1v) is 6.52. The van der Waals surface area contributed by atoms with Gasteiger partial charge in [0.1, 0.15) is 0 Å². The van der Waals surface area contributed by atoms with Crippen LogP contribution >= 0.6 is 0 Å². The molecule has 0 aromatic rings. The van der Waals surface area contributed by atoms with Crippen LogP contribution in [-0.4, -0.2) is 45.7 Å². The molecule has 0 fully saturated rings. The highest BCUT2D eigenvalue weighted by Gasteiger charge is 1.96. The third kappa shape index (κ3) is 25.6. The van der Waals surface area contributed by atoms with Crippen LogP contribution in [-0.2, 0) is 19.5 Å². The average Bonchev–Trinajstić information content (AvgIpc) is 2.39. The number of aliphatic hydroxyl groups excluding tert-OH is 1. The van der Waals surface area contributed by atoms with Crippen LogP contribution < -0.4 is 0 Å². The summed E-state index contributed by atoms with van der Waals surface area (Å²) in [6.07, 6.45) is 4.68. The Morgan fingerprint density at radius 2 is 1.30 bits per heavy atom. The van der Waals surface area contributed by atoms with Crippen LogP contribution in [0.25, 0.3) is 0 Å². The van der Waals surface area contributed by atoms with Crippen LogP contribution in [0.5, 0.6) is 0 Å². The maximum atomic E-state index is 9.99. The molecule has 20 heavy (non-hydrogen) atoms. The molecule has 0 saturated carbocycles. The average molecular weight is 296 g/mol. The Morgan fingerprint density at radius 3 is 1.70 bits per heavy atom. The zero-order chi connectivity index (χ0) is 15.6. The lowest BCUT2D eigenvalue weighted by Gasteiger charge is -1.96. The van der Waals surface area contributed by atoms with E-state index in [9.17, 15) is 9.59 Å². The highest BCUT2D eigenvalue weighted by molar-refractivity contribution is 5.66. The van der Waals surface area contributed by atoms with Gasteiger partial charge < -0.3 is 15.3 Å². The molecule has 0 aliphatic heterocycles. The van der Waals surface area contributed by atoms with E-state index in [1.165, 1.54) is 0 Å². The smallest absolute Gasteiger partial charge is 0.303 e. The van der Waals surface area contributed by atoms with Crippen molar-refractivity contribution >= 4 is 11.9 Å². The second kappa shape index (κ2) is 17.8. The molecule has 0 unspecified atom stereocenters. The summed E-state index contributed by atoms with van der Waals surface area (Å²) in [5.74, 6) is -1.54. The molecule has 8 heteroatoms. The molecular formula is C12H24O8. The lowest BCUT2D eigenvalue weighted by Crippen LogP contribution is -1.96. The number of aliphatic hydroxyl groups is 1. The summed E-state index contributed by atoms with van der Waals surface area (Å²) in [6.45, 7) is 0.454. The van der Waals surface area contributed by atoms with Gasteiger partial charge in [-0.15, -0.1) is 0 Å². The quantitative estimate of drug-likeness (QED) is 0.243. The van der Waals surface area contributed by atoms with Gasteiger partial charge >= 0.3 is 11.9 Å². The Kier molecular flexibility index (Phi) is 18.7. The van der Waals surface area contributed by atoms with Crippen molar-refractivity contribution in [3.05, 3.63) is 0 Å². The Bertz CT molecular complexity index is 231. The van der Waals surface area contributed by atoms with Gasteiger partial charge in [-0.05, 0) is 25.7 Å². The van der Waals surface area contributed by atoms with E-state index in [1.54, 1.807) is 0 Å². The van der Waals surface area contributed by atoms with Gasteiger partial charge in [0, 0.05) is 19.4 Å². The van der Waals surface area contributed by atoms with Crippen LogP contribution in [0.3, 0.4) is 0 Å². The second-order valence-electron chi connectivity index (χ2n) is 4.03. The molecule has 0 aliphatic carbocycles. The van der Waals surface area contributed by atoms with Crippen LogP contribution in [0, 0.1) is 0 Å². The van der Waals surface area contributed by atoms with Crippen molar-refractivity contribution in [3.63, 3.8) is 0 Å². The van der Waals surface area contributed by atoms with Crippen molar-refractivity contribution in [1.29, 1.82) is 0 Å². The minimum Gasteiger partial charge on any atom is -0.481 e. The highest BCUT2D eigenvalue weighted by Crippen LogP contribution is 1.99. The van der Waals surface area contributed by atoms with Crippen molar-refractivity contribution in [2.45, 2.75) is 51.4 Å². The normalized spacial score (nSPS) is 9.70. The van der Waals surface area contributed by atoms with Gasteiger partial charge in [0.05, 0.1) is 6.61 Å². The fraction of sp³-hybridized carbons (Fsp3) is 0.833. The summed E-state index contributed by atoms with van der Waals surface area (Å²) < 4.78 is 0. The van der Waals surface area contributed by atoms with Gasteiger partial charge in [0.25, 0.3) is 0 Å². The predicted octanol–water partition coefficient (Wildman–Crippen LogP) is 1.68. The van der Waals surface area contributed by atoms with Crippen molar-refractivity contribution in [1.82, 2.24) is 0 Å². The van der Waals surface area contributed by atoms with E-state index in [1.807, 2.05) is 0 Å². The minimum atomic E-state index is -0.788. The lowest BCUT2D eigenvalue weighted by atomic mass is 10.2. The molecule has 0 radical (unpaired) electrons.